The number of nitrogens with one attached hydrogen (secondary N) is 1. The third-order valence-electron chi connectivity index (χ3n) is 1.63. The summed E-state index contributed by atoms with van der Waals surface area (Å²) >= 11 is 2.63. The number of carbonyl (C=O) groups excluding carboxylic acids is 1. The third kappa shape index (κ3) is 3.56. The van der Waals surface area contributed by atoms with Crippen molar-refractivity contribution in [1.29, 1.82) is 0 Å². The molecule has 0 aromatic carbocycles. The van der Waals surface area contributed by atoms with E-state index in [1.165, 1.54) is 12.1 Å². The number of thiophene rings is 1. The molecule has 0 aliphatic heterocycles. The van der Waals surface area contributed by atoms with Gasteiger partial charge >= 0.3 is 5.97 Å². The van der Waals surface area contributed by atoms with Crippen LogP contribution in [0.2, 0.25) is 0 Å². The Balaban J connectivity index is 2.54. The summed E-state index contributed by atoms with van der Waals surface area (Å²) in [6, 6.07) is 2.97. The maximum Gasteiger partial charge on any atom is 0.345 e. The number of hydrogen-bond donors (Lipinski definition) is 2. The zero-order valence-corrected chi connectivity index (χ0v) is 9.78. The van der Waals surface area contributed by atoms with E-state index in [9.17, 15) is 9.59 Å². The predicted octanol–water partition coefficient (Wildman–Crippen LogP) is 1.54. The quantitative estimate of drug-likeness (QED) is 0.772. The van der Waals surface area contributed by atoms with Crippen molar-refractivity contribution in [3.63, 3.8) is 0 Å². The second-order valence-electron chi connectivity index (χ2n) is 2.72. The van der Waals surface area contributed by atoms with E-state index in [0.29, 0.717) is 11.4 Å². The van der Waals surface area contributed by atoms with Crippen molar-refractivity contribution in [3.05, 3.63) is 21.9 Å². The molecule has 0 radical (unpaired) electrons. The Morgan fingerprint density at radius 3 is 2.67 bits per heavy atom. The Morgan fingerprint density at radius 2 is 2.13 bits per heavy atom. The molecule has 0 saturated carbocycles. The standard InChI is InChI=1S/C9H11NO3S2/c1-14-5-4-10-8(11)6-2-3-7(15-6)9(12)13/h2-3H,4-5H2,1H3,(H,10,11)(H,12,13). The van der Waals surface area contributed by atoms with E-state index >= 15 is 0 Å². The molecular weight excluding hydrogens is 234 g/mol. The van der Waals surface area contributed by atoms with Crippen LogP contribution in [0.3, 0.4) is 0 Å². The van der Waals surface area contributed by atoms with Crippen LogP contribution in [-0.4, -0.2) is 35.5 Å². The highest BCUT2D eigenvalue weighted by Gasteiger charge is 2.11. The smallest absolute Gasteiger partial charge is 0.345 e. The number of amides is 1. The van der Waals surface area contributed by atoms with Crippen molar-refractivity contribution >= 4 is 35.0 Å². The summed E-state index contributed by atoms with van der Waals surface area (Å²) in [6.07, 6.45) is 1.96. The molecule has 0 aliphatic rings. The largest absolute Gasteiger partial charge is 0.477 e. The van der Waals surface area contributed by atoms with Crippen LogP contribution >= 0.6 is 23.1 Å². The van der Waals surface area contributed by atoms with Crippen LogP contribution in [0.15, 0.2) is 12.1 Å². The number of carboxylic acid groups (broad SMARTS) is 1. The topological polar surface area (TPSA) is 66.4 Å². The fourth-order valence-electron chi connectivity index (χ4n) is 0.929. The van der Waals surface area contributed by atoms with Gasteiger partial charge in [0, 0.05) is 12.3 Å². The first-order valence-corrected chi connectivity index (χ1v) is 6.46. The van der Waals surface area contributed by atoms with Gasteiger partial charge in [-0.25, -0.2) is 4.79 Å². The highest BCUT2D eigenvalue weighted by atomic mass is 32.2. The maximum atomic E-state index is 11.5. The first kappa shape index (κ1) is 12.1. The molecule has 1 amide bonds. The Labute approximate surface area is 95.7 Å². The number of hydrogen-bond acceptors (Lipinski definition) is 4. The summed E-state index contributed by atoms with van der Waals surface area (Å²) < 4.78 is 0. The van der Waals surface area contributed by atoms with E-state index in [4.69, 9.17) is 5.11 Å². The van der Waals surface area contributed by atoms with Gasteiger partial charge in [0.15, 0.2) is 0 Å². The van der Waals surface area contributed by atoms with Gasteiger partial charge in [0.1, 0.15) is 4.88 Å². The molecule has 1 rings (SSSR count). The zero-order valence-electron chi connectivity index (χ0n) is 8.15. The Hall–Kier alpha value is -1.01. The van der Waals surface area contributed by atoms with Crippen molar-refractivity contribution < 1.29 is 14.7 Å². The third-order valence-corrected chi connectivity index (χ3v) is 3.32. The molecule has 15 heavy (non-hydrogen) atoms. The van der Waals surface area contributed by atoms with Gasteiger partial charge in [0.25, 0.3) is 5.91 Å². The summed E-state index contributed by atoms with van der Waals surface area (Å²) in [5.41, 5.74) is 0. The van der Waals surface area contributed by atoms with Gasteiger partial charge in [-0.05, 0) is 18.4 Å². The van der Waals surface area contributed by atoms with Crippen molar-refractivity contribution in [3.8, 4) is 0 Å². The molecule has 2 N–H and O–H groups in total. The molecule has 6 heteroatoms. The van der Waals surface area contributed by atoms with Crippen LogP contribution in [0.25, 0.3) is 0 Å². The lowest BCUT2D eigenvalue weighted by atomic mass is 10.4. The van der Waals surface area contributed by atoms with Gasteiger partial charge in [-0.2, -0.15) is 11.8 Å². The minimum Gasteiger partial charge on any atom is -0.477 e. The Bertz CT molecular complexity index is 362. The Morgan fingerprint density at radius 1 is 1.47 bits per heavy atom. The SMILES string of the molecule is CSCCNC(=O)c1ccc(C(=O)O)s1. The molecule has 0 saturated heterocycles. The van der Waals surface area contributed by atoms with Crippen LogP contribution < -0.4 is 5.32 Å². The summed E-state index contributed by atoms with van der Waals surface area (Å²) in [6.45, 7) is 0.598. The minimum absolute atomic E-state index is 0.185. The van der Waals surface area contributed by atoms with Crippen molar-refractivity contribution in [1.82, 2.24) is 5.32 Å². The van der Waals surface area contributed by atoms with E-state index in [0.717, 1.165) is 17.1 Å². The number of carboxylic acids is 1. The first-order chi connectivity index (χ1) is 7.15. The molecule has 0 bridgehead atoms. The molecule has 1 heterocycles. The van der Waals surface area contributed by atoms with Gasteiger partial charge in [0.05, 0.1) is 4.88 Å². The van der Waals surface area contributed by atoms with Gasteiger partial charge in [-0.1, -0.05) is 0 Å². The van der Waals surface area contributed by atoms with Crippen LogP contribution in [-0.2, 0) is 0 Å². The summed E-state index contributed by atoms with van der Waals surface area (Å²) in [5.74, 6) is -0.354. The number of carbonyl (C=O) groups is 2. The molecular formula is C9H11NO3S2. The lowest BCUT2D eigenvalue weighted by molar-refractivity contribution is 0.0702. The fourth-order valence-corrected chi connectivity index (χ4v) is 2.00. The van der Waals surface area contributed by atoms with Gasteiger partial charge < -0.3 is 10.4 Å². The highest BCUT2D eigenvalue weighted by molar-refractivity contribution is 7.98. The van der Waals surface area contributed by atoms with Crippen molar-refractivity contribution in [2.45, 2.75) is 0 Å². The van der Waals surface area contributed by atoms with Crippen LogP contribution in [0, 0.1) is 0 Å². The lowest BCUT2D eigenvalue weighted by Crippen LogP contribution is -2.24. The minimum atomic E-state index is -0.997. The normalized spacial score (nSPS) is 9.93. The average Bonchev–Trinajstić information content (AvgIpc) is 2.66. The van der Waals surface area contributed by atoms with Crippen molar-refractivity contribution in [2.24, 2.45) is 0 Å². The second-order valence-corrected chi connectivity index (χ2v) is 4.79. The second kappa shape index (κ2) is 5.77. The molecule has 0 unspecified atom stereocenters. The molecule has 0 spiro atoms. The van der Waals surface area contributed by atoms with Crippen molar-refractivity contribution in [2.75, 3.05) is 18.6 Å². The monoisotopic (exact) mass is 245 g/mol. The summed E-state index contributed by atoms with van der Waals surface area (Å²) in [4.78, 5) is 22.6. The van der Waals surface area contributed by atoms with Crippen LogP contribution in [0.5, 0.6) is 0 Å². The first-order valence-electron chi connectivity index (χ1n) is 4.25. The molecule has 0 atom stereocenters. The average molecular weight is 245 g/mol. The number of thioether (sulfide) groups is 1. The van der Waals surface area contributed by atoms with E-state index in [2.05, 4.69) is 5.32 Å². The van der Waals surface area contributed by atoms with Gasteiger partial charge in [-0.15, -0.1) is 11.3 Å². The fraction of sp³-hybridized carbons (Fsp3) is 0.333. The maximum absolute atomic E-state index is 11.5. The van der Waals surface area contributed by atoms with Crippen LogP contribution in [0.4, 0.5) is 0 Å². The molecule has 1 aromatic heterocycles. The molecule has 0 fully saturated rings. The van der Waals surface area contributed by atoms with E-state index in [1.807, 2.05) is 6.26 Å². The predicted molar refractivity (Wildman–Crippen MR) is 62.0 cm³/mol. The summed E-state index contributed by atoms with van der Waals surface area (Å²) in [7, 11) is 0. The van der Waals surface area contributed by atoms with Gasteiger partial charge in [0.2, 0.25) is 0 Å². The molecule has 1 aromatic rings. The highest BCUT2D eigenvalue weighted by Crippen LogP contribution is 2.15. The van der Waals surface area contributed by atoms with E-state index < -0.39 is 5.97 Å². The lowest BCUT2D eigenvalue weighted by Gasteiger charge is -2.00. The Kier molecular flexibility index (Phi) is 4.64. The van der Waals surface area contributed by atoms with Gasteiger partial charge in [-0.3, -0.25) is 4.79 Å². The number of aromatic carboxylic acids is 1. The van der Waals surface area contributed by atoms with E-state index in [1.54, 1.807) is 11.8 Å². The van der Waals surface area contributed by atoms with Crippen LogP contribution in [0.1, 0.15) is 19.3 Å². The zero-order chi connectivity index (χ0) is 11.3. The molecule has 4 nitrogen and oxygen atoms in total. The number of rotatable bonds is 5. The molecule has 82 valence electrons. The summed E-state index contributed by atoms with van der Waals surface area (Å²) in [5, 5.41) is 11.4. The van der Waals surface area contributed by atoms with E-state index in [-0.39, 0.29) is 10.8 Å². The molecule has 0 aliphatic carbocycles.